The molecule has 0 aliphatic carbocycles. The summed E-state index contributed by atoms with van der Waals surface area (Å²) < 4.78 is 11.0. The number of fused-ring (bicyclic) bond motifs is 1. The molecule has 2 aliphatic rings. The largest absolute Gasteiger partial charge is 0.486 e. The summed E-state index contributed by atoms with van der Waals surface area (Å²) in [5.41, 5.74) is 0.836. The highest BCUT2D eigenvalue weighted by Crippen LogP contribution is 2.38. The van der Waals surface area contributed by atoms with Crippen LogP contribution in [0.3, 0.4) is 0 Å². The van der Waals surface area contributed by atoms with Crippen LogP contribution in [-0.2, 0) is 11.2 Å². The smallest absolute Gasteiger partial charge is 0.224 e. The maximum atomic E-state index is 12.0. The zero-order chi connectivity index (χ0) is 13.9. The SMILES string of the molecule is Cl.O=C(Cc1cc(Cl)c2c(c1)OCCO2)NC1CCNC1. The van der Waals surface area contributed by atoms with Crippen LogP contribution in [0.25, 0.3) is 0 Å². The highest BCUT2D eigenvalue weighted by molar-refractivity contribution is 6.32. The predicted molar refractivity (Wildman–Crippen MR) is 82.8 cm³/mol. The van der Waals surface area contributed by atoms with E-state index in [9.17, 15) is 4.79 Å². The lowest BCUT2D eigenvalue weighted by Crippen LogP contribution is -2.37. The number of hydrogen-bond donors (Lipinski definition) is 2. The first kappa shape index (κ1) is 16.2. The van der Waals surface area contributed by atoms with Gasteiger partial charge in [-0.3, -0.25) is 4.79 Å². The van der Waals surface area contributed by atoms with Crippen LogP contribution in [0.4, 0.5) is 0 Å². The minimum atomic E-state index is 0. The maximum absolute atomic E-state index is 12.0. The zero-order valence-corrected chi connectivity index (χ0v) is 13.1. The molecule has 2 aliphatic heterocycles. The fourth-order valence-corrected chi connectivity index (χ4v) is 2.80. The first-order chi connectivity index (χ1) is 9.72. The maximum Gasteiger partial charge on any atom is 0.224 e. The van der Waals surface area contributed by atoms with Crippen LogP contribution in [0.5, 0.6) is 11.5 Å². The standard InChI is InChI=1S/C14H17ClN2O3.ClH/c15-11-5-9(6-12-14(11)20-4-3-19-12)7-13(18)17-10-1-2-16-8-10;/h5-6,10,16H,1-4,7-8H2,(H,17,18);1H. The molecule has 1 saturated heterocycles. The Kier molecular flexibility index (Phi) is 5.56. The van der Waals surface area contributed by atoms with Gasteiger partial charge in [0.25, 0.3) is 0 Å². The van der Waals surface area contributed by atoms with Crippen molar-refractivity contribution in [2.75, 3.05) is 26.3 Å². The van der Waals surface area contributed by atoms with Crippen molar-refractivity contribution in [3.8, 4) is 11.5 Å². The van der Waals surface area contributed by atoms with E-state index in [1.165, 1.54) is 0 Å². The second kappa shape index (κ2) is 7.20. The molecule has 1 amide bonds. The van der Waals surface area contributed by atoms with Crippen molar-refractivity contribution in [2.45, 2.75) is 18.9 Å². The van der Waals surface area contributed by atoms with Gasteiger partial charge in [0.15, 0.2) is 11.5 Å². The second-order valence-corrected chi connectivity index (χ2v) is 5.44. The lowest BCUT2D eigenvalue weighted by atomic mass is 10.1. The Morgan fingerprint density at radius 3 is 2.95 bits per heavy atom. The molecule has 0 saturated carbocycles. The van der Waals surface area contributed by atoms with Gasteiger partial charge in [-0.2, -0.15) is 0 Å². The monoisotopic (exact) mass is 332 g/mol. The van der Waals surface area contributed by atoms with E-state index in [0.29, 0.717) is 36.2 Å². The molecule has 1 unspecified atom stereocenters. The van der Waals surface area contributed by atoms with Crippen molar-refractivity contribution in [2.24, 2.45) is 0 Å². The first-order valence-corrected chi connectivity index (χ1v) is 7.18. The van der Waals surface area contributed by atoms with Gasteiger partial charge in [-0.05, 0) is 30.7 Å². The fourth-order valence-electron chi connectivity index (χ4n) is 2.51. The Morgan fingerprint density at radius 1 is 1.38 bits per heavy atom. The number of carbonyl (C=O) groups is 1. The Bertz CT molecular complexity index is 519. The van der Waals surface area contributed by atoms with E-state index >= 15 is 0 Å². The van der Waals surface area contributed by atoms with E-state index < -0.39 is 0 Å². The average molecular weight is 333 g/mol. The van der Waals surface area contributed by atoms with E-state index in [-0.39, 0.29) is 24.4 Å². The summed E-state index contributed by atoms with van der Waals surface area (Å²) in [5, 5.41) is 6.72. The number of hydrogen-bond acceptors (Lipinski definition) is 4. The minimum Gasteiger partial charge on any atom is -0.486 e. The minimum absolute atomic E-state index is 0. The van der Waals surface area contributed by atoms with Gasteiger partial charge in [0.05, 0.1) is 11.4 Å². The number of ether oxygens (including phenoxy) is 2. The van der Waals surface area contributed by atoms with Crippen LogP contribution in [0, 0.1) is 0 Å². The molecule has 7 heteroatoms. The quantitative estimate of drug-likeness (QED) is 0.881. The molecule has 116 valence electrons. The molecule has 0 aromatic heterocycles. The molecule has 0 radical (unpaired) electrons. The highest BCUT2D eigenvalue weighted by Gasteiger charge is 2.19. The van der Waals surface area contributed by atoms with E-state index in [1.54, 1.807) is 6.07 Å². The lowest BCUT2D eigenvalue weighted by Gasteiger charge is -2.20. The molecule has 5 nitrogen and oxygen atoms in total. The Labute approximate surface area is 134 Å². The van der Waals surface area contributed by atoms with Gasteiger partial charge in [0, 0.05) is 12.6 Å². The molecule has 21 heavy (non-hydrogen) atoms. The van der Waals surface area contributed by atoms with Crippen LogP contribution in [0.15, 0.2) is 12.1 Å². The van der Waals surface area contributed by atoms with Crippen molar-refractivity contribution in [3.63, 3.8) is 0 Å². The third-order valence-electron chi connectivity index (χ3n) is 3.45. The average Bonchev–Trinajstić information content (AvgIpc) is 2.91. The van der Waals surface area contributed by atoms with E-state index in [1.807, 2.05) is 6.07 Å². The summed E-state index contributed by atoms with van der Waals surface area (Å²) in [4.78, 5) is 12.0. The Morgan fingerprint density at radius 2 is 2.19 bits per heavy atom. The van der Waals surface area contributed by atoms with Gasteiger partial charge in [0.2, 0.25) is 5.91 Å². The number of carbonyl (C=O) groups excluding carboxylic acids is 1. The molecule has 2 N–H and O–H groups in total. The van der Waals surface area contributed by atoms with Crippen LogP contribution >= 0.6 is 24.0 Å². The van der Waals surface area contributed by atoms with E-state index in [4.69, 9.17) is 21.1 Å². The molecule has 0 spiro atoms. The summed E-state index contributed by atoms with van der Waals surface area (Å²) in [6.45, 7) is 2.81. The topological polar surface area (TPSA) is 59.6 Å². The Balaban J connectivity index is 0.00000161. The van der Waals surface area contributed by atoms with E-state index in [0.717, 1.165) is 25.1 Å². The Hall–Kier alpha value is -1.17. The molecule has 1 aromatic rings. The van der Waals surface area contributed by atoms with Crippen LogP contribution in [0.2, 0.25) is 5.02 Å². The van der Waals surface area contributed by atoms with Gasteiger partial charge >= 0.3 is 0 Å². The zero-order valence-electron chi connectivity index (χ0n) is 11.5. The molecular formula is C14H18Cl2N2O3. The van der Waals surface area contributed by atoms with Gasteiger partial charge in [-0.25, -0.2) is 0 Å². The molecule has 3 rings (SSSR count). The number of rotatable bonds is 3. The summed E-state index contributed by atoms with van der Waals surface area (Å²) in [5.74, 6) is 1.20. The van der Waals surface area contributed by atoms with Crippen molar-refractivity contribution >= 4 is 29.9 Å². The highest BCUT2D eigenvalue weighted by atomic mass is 35.5. The van der Waals surface area contributed by atoms with E-state index in [2.05, 4.69) is 10.6 Å². The lowest BCUT2D eigenvalue weighted by molar-refractivity contribution is -0.121. The molecule has 1 aromatic carbocycles. The number of halogens is 2. The normalized spacial score (nSPS) is 19.8. The van der Waals surface area contributed by atoms with Gasteiger partial charge < -0.3 is 20.1 Å². The molecule has 1 atom stereocenters. The fraction of sp³-hybridized carbons (Fsp3) is 0.500. The summed E-state index contributed by atoms with van der Waals surface area (Å²) in [6.07, 6.45) is 1.28. The van der Waals surface area contributed by atoms with Gasteiger partial charge in [0.1, 0.15) is 13.2 Å². The molecular weight excluding hydrogens is 315 g/mol. The third-order valence-corrected chi connectivity index (χ3v) is 3.73. The van der Waals surface area contributed by atoms with Gasteiger partial charge in [-0.1, -0.05) is 11.6 Å². The summed E-state index contributed by atoms with van der Waals surface area (Å²) >= 11 is 6.15. The van der Waals surface area contributed by atoms with Gasteiger partial charge in [-0.15, -0.1) is 12.4 Å². The third kappa shape index (κ3) is 3.93. The molecule has 2 heterocycles. The molecule has 0 bridgehead atoms. The predicted octanol–water partition coefficient (Wildman–Crippen LogP) is 1.55. The van der Waals surface area contributed by atoms with Crippen molar-refractivity contribution < 1.29 is 14.3 Å². The molecule has 1 fully saturated rings. The first-order valence-electron chi connectivity index (χ1n) is 6.80. The summed E-state index contributed by atoms with van der Waals surface area (Å²) in [7, 11) is 0. The van der Waals surface area contributed by atoms with Crippen LogP contribution in [-0.4, -0.2) is 38.3 Å². The van der Waals surface area contributed by atoms with Crippen molar-refractivity contribution in [1.29, 1.82) is 0 Å². The number of benzene rings is 1. The van der Waals surface area contributed by atoms with Crippen molar-refractivity contribution in [1.82, 2.24) is 10.6 Å². The van der Waals surface area contributed by atoms with Crippen LogP contribution < -0.4 is 20.1 Å². The second-order valence-electron chi connectivity index (χ2n) is 5.04. The number of nitrogens with one attached hydrogen (secondary N) is 2. The summed E-state index contributed by atoms with van der Waals surface area (Å²) in [6, 6.07) is 3.82. The van der Waals surface area contributed by atoms with Crippen molar-refractivity contribution in [3.05, 3.63) is 22.7 Å². The van der Waals surface area contributed by atoms with Crippen LogP contribution in [0.1, 0.15) is 12.0 Å². The number of amides is 1.